The number of amides is 2. The number of anilines is 1. The lowest BCUT2D eigenvalue weighted by atomic mass is 10.1. The predicted molar refractivity (Wildman–Crippen MR) is 106 cm³/mol. The van der Waals surface area contributed by atoms with Crippen molar-refractivity contribution in [3.05, 3.63) is 77.8 Å². The topological polar surface area (TPSA) is 62.6 Å². The SMILES string of the molecule is CCc1ccccc1NC(=O)CN(C)C(=O)c1ccc(-c2ccc(F)cc2)o1. The van der Waals surface area contributed by atoms with Gasteiger partial charge in [-0.3, -0.25) is 9.59 Å². The number of nitrogens with one attached hydrogen (secondary N) is 1. The Morgan fingerprint density at radius 2 is 1.75 bits per heavy atom. The highest BCUT2D eigenvalue weighted by atomic mass is 19.1. The molecule has 0 aliphatic heterocycles. The molecule has 0 fully saturated rings. The van der Waals surface area contributed by atoms with E-state index in [0.717, 1.165) is 17.7 Å². The van der Waals surface area contributed by atoms with Crippen LogP contribution in [0.25, 0.3) is 11.3 Å². The third kappa shape index (κ3) is 4.46. The van der Waals surface area contributed by atoms with Crippen LogP contribution in [0, 0.1) is 5.82 Å². The van der Waals surface area contributed by atoms with E-state index in [4.69, 9.17) is 4.42 Å². The fourth-order valence-corrected chi connectivity index (χ4v) is 2.84. The first-order valence-corrected chi connectivity index (χ1v) is 8.97. The zero-order valence-corrected chi connectivity index (χ0v) is 15.7. The van der Waals surface area contributed by atoms with Crippen molar-refractivity contribution in [2.75, 3.05) is 18.9 Å². The van der Waals surface area contributed by atoms with Crippen LogP contribution in [0.1, 0.15) is 23.0 Å². The normalized spacial score (nSPS) is 10.5. The molecule has 2 aromatic carbocycles. The lowest BCUT2D eigenvalue weighted by Gasteiger charge is -2.16. The summed E-state index contributed by atoms with van der Waals surface area (Å²) in [6.45, 7) is 1.90. The summed E-state index contributed by atoms with van der Waals surface area (Å²) in [5, 5.41) is 2.84. The van der Waals surface area contributed by atoms with Crippen molar-refractivity contribution in [1.82, 2.24) is 4.90 Å². The van der Waals surface area contributed by atoms with Crippen LogP contribution < -0.4 is 5.32 Å². The Morgan fingerprint density at radius 1 is 1.04 bits per heavy atom. The second-order valence-electron chi connectivity index (χ2n) is 6.39. The highest BCUT2D eigenvalue weighted by Gasteiger charge is 2.19. The number of aryl methyl sites for hydroxylation is 1. The maximum atomic E-state index is 13.0. The van der Waals surface area contributed by atoms with Crippen LogP contribution in [0.5, 0.6) is 0 Å². The van der Waals surface area contributed by atoms with Crippen molar-refractivity contribution in [3.8, 4) is 11.3 Å². The average Bonchev–Trinajstić information content (AvgIpc) is 3.18. The molecule has 1 aromatic heterocycles. The van der Waals surface area contributed by atoms with Gasteiger partial charge in [-0.2, -0.15) is 0 Å². The fraction of sp³-hybridized carbons (Fsp3) is 0.182. The maximum Gasteiger partial charge on any atom is 0.289 e. The smallest absolute Gasteiger partial charge is 0.289 e. The molecule has 0 saturated carbocycles. The summed E-state index contributed by atoms with van der Waals surface area (Å²) in [6.07, 6.45) is 0.795. The van der Waals surface area contributed by atoms with Crippen LogP contribution in [0.3, 0.4) is 0 Å². The molecule has 0 saturated heterocycles. The maximum absolute atomic E-state index is 13.0. The Kier molecular flexibility index (Phi) is 5.89. The Bertz CT molecular complexity index is 979. The molecule has 0 bridgehead atoms. The molecule has 1 heterocycles. The minimum atomic E-state index is -0.410. The highest BCUT2D eigenvalue weighted by molar-refractivity contribution is 5.98. The molecular formula is C22H21FN2O3. The minimum Gasteiger partial charge on any atom is -0.451 e. The second kappa shape index (κ2) is 8.52. The quantitative estimate of drug-likeness (QED) is 0.691. The number of likely N-dealkylation sites (N-methyl/N-ethyl adjacent to an activating group) is 1. The molecule has 1 N–H and O–H groups in total. The molecule has 0 aliphatic rings. The minimum absolute atomic E-state index is 0.108. The molecule has 28 heavy (non-hydrogen) atoms. The largest absolute Gasteiger partial charge is 0.451 e. The Labute approximate surface area is 162 Å². The third-order valence-electron chi connectivity index (χ3n) is 4.35. The standard InChI is InChI=1S/C22H21FN2O3/c1-3-15-6-4-5-7-18(15)24-21(26)14-25(2)22(27)20-13-12-19(28-20)16-8-10-17(23)11-9-16/h4-13H,3,14H2,1-2H3,(H,24,26). The van der Waals surface area contributed by atoms with Crippen LogP contribution in [0.15, 0.2) is 65.1 Å². The van der Waals surface area contributed by atoms with Crippen molar-refractivity contribution < 1.29 is 18.4 Å². The number of para-hydroxylation sites is 1. The molecule has 0 aliphatic carbocycles. The van der Waals surface area contributed by atoms with Gasteiger partial charge in [-0.05, 0) is 54.4 Å². The van der Waals surface area contributed by atoms with Crippen molar-refractivity contribution in [1.29, 1.82) is 0 Å². The monoisotopic (exact) mass is 380 g/mol. The summed E-state index contributed by atoms with van der Waals surface area (Å²) in [4.78, 5) is 26.1. The summed E-state index contributed by atoms with van der Waals surface area (Å²) in [5.41, 5.74) is 2.43. The van der Waals surface area contributed by atoms with E-state index in [1.807, 2.05) is 31.2 Å². The van der Waals surface area contributed by atoms with Crippen LogP contribution in [-0.4, -0.2) is 30.3 Å². The molecule has 0 unspecified atom stereocenters. The van der Waals surface area contributed by atoms with Crippen LogP contribution in [0.2, 0.25) is 0 Å². The number of carbonyl (C=O) groups is 2. The van der Waals surface area contributed by atoms with Crippen LogP contribution >= 0.6 is 0 Å². The van der Waals surface area contributed by atoms with E-state index in [0.29, 0.717) is 11.3 Å². The van der Waals surface area contributed by atoms with Gasteiger partial charge >= 0.3 is 0 Å². The lowest BCUT2D eigenvalue weighted by molar-refractivity contribution is -0.116. The Balaban J connectivity index is 1.64. The molecule has 5 nitrogen and oxygen atoms in total. The number of rotatable bonds is 6. The molecule has 6 heteroatoms. The van der Waals surface area contributed by atoms with E-state index in [1.165, 1.54) is 24.1 Å². The van der Waals surface area contributed by atoms with Gasteiger partial charge in [0.15, 0.2) is 5.76 Å². The van der Waals surface area contributed by atoms with E-state index in [1.54, 1.807) is 24.3 Å². The van der Waals surface area contributed by atoms with Crippen molar-refractivity contribution in [2.24, 2.45) is 0 Å². The lowest BCUT2D eigenvalue weighted by Crippen LogP contribution is -2.34. The predicted octanol–water partition coefficient (Wildman–Crippen LogP) is 4.36. The van der Waals surface area contributed by atoms with Crippen LogP contribution in [-0.2, 0) is 11.2 Å². The van der Waals surface area contributed by atoms with Gasteiger partial charge in [0.2, 0.25) is 5.91 Å². The average molecular weight is 380 g/mol. The first kappa shape index (κ1) is 19.4. The number of hydrogen-bond acceptors (Lipinski definition) is 3. The van der Waals surface area contributed by atoms with Crippen molar-refractivity contribution >= 4 is 17.5 Å². The molecular weight excluding hydrogens is 359 g/mol. The third-order valence-corrected chi connectivity index (χ3v) is 4.35. The van der Waals surface area contributed by atoms with E-state index in [-0.39, 0.29) is 24.0 Å². The van der Waals surface area contributed by atoms with Crippen molar-refractivity contribution in [3.63, 3.8) is 0 Å². The van der Waals surface area contributed by atoms with Gasteiger partial charge in [0, 0.05) is 18.3 Å². The molecule has 0 spiro atoms. The summed E-state index contributed by atoms with van der Waals surface area (Å²) in [5.74, 6) is -0.474. The number of benzene rings is 2. The molecule has 144 valence electrons. The van der Waals surface area contributed by atoms with Gasteiger partial charge in [0.1, 0.15) is 11.6 Å². The molecule has 3 rings (SSSR count). The van der Waals surface area contributed by atoms with Crippen LogP contribution in [0.4, 0.5) is 10.1 Å². The van der Waals surface area contributed by atoms with E-state index < -0.39 is 5.91 Å². The number of carbonyl (C=O) groups excluding carboxylic acids is 2. The zero-order valence-electron chi connectivity index (χ0n) is 15.7. The molecule has 0 atom stereocenters. The summed E-state index contributed by atoms with van der Waals surface area (Å²) in [6, 6.07) is 16.5. The number of nitrogens with zero attached hydrogens (tertiary/aromatic N) is 1. The van der Waals surface area contributed by atoms with Gasteiger partial charge in [0.25, 0.3) is 5.91 Å². The summed E-state index contributed by atoms with van der Waals surface area (Å²) >= 11 is 0. The van der Waals surface area contributed by atoms with Gasteiger partial charge < -0.3 is 14.6 Å². The van der Waals surface area contributed by atoms with E-state index >= 15 is 0 Å². The number of halogens is 1. The van der Waals surface area contributed by atoms with Gasteiger partial charge in [0.05, 0.1) is 6.54 Å². The van der Waals surface area contributed by atoms with Gasteiger partial charge in [-0.1, -0.05) is 25.1 Å². The first-order valence-electron chi connectivity index (χ1n) is 8.97. The van der Waals surface area contributed by atoms with Gasteiger partial charge in [-0.15, -0.1) is 0 Å². The molecule has 0 radical (unpaired) electrons. The zero-order chi connectivity index (χ0) is 20.1. The number of furan rings is 1. The molecule has 3 aromatic rings. The first-order chi connectivity index (χ1) is 13.5. The molecule has 2 amide bonds. The van der Waals surface area contributed by atoms with E-state index in [2.05, 4.69) is 5.32 Å². The van der Waals surface area contributed by atoms with Gasteiger partial charge in [-0.25, -0.2) is 4.39 Å². The highest BCUT2D eigenvalue weighted by Crippen LogP contribution is 2.23. The van der Waals surface area contributed by atoms with Crippen molar-refractivity contribution in [2.45, 2.75) is 13.3 Å². The Morgan fingerprint density at radius 3 is 2.46 bits per heavy atom. The van der Waals surface area contributed by atoms with E-state index in [9.17, 15) is 14.0 Å². The number of hydrogen-bond donors (Lipinski definition) is 1. The second-order valence-corrected chi connectivity index (χ2v) is 6.39. The Hall–Kier alpha value is -3.41. The summed E-state index contributed by atoms with van der Waals surface area (Å²) in [7, 11) is 1.54. The summed E-state index contributed by atoms with van der Waals surface area (Å²) < 4.78 is 18.6. The fourth-order valence-electron chi connectivity index (χ4n) is 2.84.